The fraction of sp³-hybridized carbons (Fsp3) is 0.400. The number of ether oxygens (including phenoxy) is 1. The Labute approximate surface area is 224 Å². The summed E-state index contributed by atoms with van der Waals surface area (Å²) in [5, 5.41) is 12.5. The number of nitrogens with one attached hydrogen (secondary N) is 1. The summed E-state index contributed by atoms with van der Waals surface area (Å²) in [4.78, 5) is 17.8. The average Bonchev–Trinajstić information content (AvgIpc) is 3.18. The van der Waals surface area contributed by atoms with Crippen LogP contribution in [0.4, 0.5) is 10.5 Å². The lowest BCUT2D eigenvalue weighted by atomic mass is 9.90. The number of amides is 1. The summed E-state index contributed by atoms with van der Waals surface area (Å²) in [6.45, 7) is 17.1. The summed E-state index contributed by atoms with van der Waals surface area (Å²) in [7, 11) is 0. The molecule has 0 fully saturated rings. The van der Waals surface area contributed by atoms with Crippen molar-refractivity contribution in [2.45, 2.75) is 65.3 Å². The zero-order valence-electron chi connectivity index (χ0n) is 22.5. The zero-order valence-corrected chi connectivity index (χ0v) is 22.5. The Morgan fingerprint density at radius 2 is 1.97 bits per heavy atom. The molecule has 1 N–H and O–H groups in total. The van der Waals surface area contributed by atoms with Gasteiger partial charge in [0.2, 0.25) is 6.54 Å². The van der Waals surface area contributed by atoms with Gasteiger partial charge in [0.15, 0.2) is 0 Å². The molecule has 0 aliphatic carbocycles. The molecule has 2 aromatic carbocycles. The molecule has 196 valence electrons. The number of benzene rings is 2. The highest BCUT2D eigenvalue weighted by molar-refractivity contribution is 5.76. The molecule has 0 bridgehead atoms. The van der Waals surface area contributed by atoms with Crippen LogP contribution in [-0.2, 0) is 17.8 Å². The van der Waals surface area contributed by atoms with Gasteiger partial charge in [0.1, 0.15) is 5.60 Å². The third-order valence-electron chi connectivity index (χ3n) is 7.00. The number of hydrogen-bond donors (Lipinski definition) is 1. The quantitative estimate of drug-likeness (QED) is 0.420. The maximum absolute atomic E-state index is 12.5. The van der Waals surface area contributed by atoms with E-state index in [0.29, 0.717) is 19.6 Å². The fourth-order valence-corrected chi connectivity index (χ4v) is 5.14. The normalized spacial score (nSPS) is 17.0. The molecule has 38 heavy (non-hydrogen) atoms. The first kappa shape index (κ1) is 25.5. The van der Waals surface area contributed by atoms with Crippen molar-refractivity contribution in [3.8, 4) is 11.3 Å². The molecule has 1 atom stereocenters. The van der Waals surface area contributed by atoms with Gasteiger partial charge in [0.25, 0.3) is 0 Å². The number of carbonyl (C=O) groups excluding carboxylic acids is 1. The van der Waals surface area contributed by atoms with E-state index in [9.17, 15) is 4.79 Å². The van der Waals surface area contributed by atoms with E-state index >= 15 is 0 Å². The molecule has 8 nitrogen and oxygen atoms in total. The fourth-order valence-electron chi connectivity index (χ4n) is 5.14. The minimum atomic E-state index is -0.503. The summed E-state index contributed by atoms with van der Waals surface area (Å²) in [6.07, 6.45) is 3.51. The van der Waals surface area contributed by atoms with E-state index in [2.05, 4.69) is 56.9 Å². The smallest absolute Gasteiger partial charge is 0.410 e. The van der Waals surface area contributed by atoms with E-state index in [0.717, 1.165) is 47.6 Å². The first-order valence-electron chi connectivity index (χ1n) is 13.1. The third-order valence-corrected chi connectivity index (χ3v) is 7.00. The molecular weight excluding hydrogens is 476 g/mol. The largest absolute Gasteiger partial charge is 0.444 e. The monoisotopic (exact) mass is 510 g/mol. The third kappa shape index (κ3) is 5.42. The molecule has 0 saturated carbocycles. The number of fused-ring (bicyclic) bond motifs is 3. The van der Waals surface area contributed by atoms with Crippen LogP contribution in [0.1, 0.15) is 62.0 Å². The summed E-state index contributed by atoms with van der Waals surface area (Å²) in [5.74, 6) is 0. The van der Waals surface area contributed by atoms with Crippen molar-refractivity contribution in [1.82, 2.24) is 19.9 Å². The Morgan fingerprint density at radius 3 is 2.66 bits per heavy atom. The van der Waals surface area contributed by atoms with Crippen molar-refractivity contribution in [2.75, 3.05) is 18.4 Å². The zero-order chi connectivity index (χ0) is 26.9. The first-order valence-corrected chi connectivity index (χ1v) is 13.1. The van der Waals surface area contributed by atoms with Crippen molar-refractivity contribution in [1.29, 1.82) is 0 Å². The standard InChI is InChI=1S/C30H34N6O2/c1-20-28-25-11-8-23(22-12-15-35(16-13-22)29(37)38-30(2,3)4)18-26(25)27(14-17-36(28)34-33-20)32-24-9-6-21(7-10-24)19-31-5/h6-12,18,27,32H,13-17,19H2,1-4H3. The van der Waals surface area contributed by atoms with Gasteiger partial charge < -0.3 is 19.8 Å². The van der Waals surface area contributed by atoms with E-state index in [-0.39, 0.29) is 12.1 Å². The number of nitrogens with zero attached hydrogens (tertiary/aromatic N) is 5. The van der Waals surface area contributed by atoms with Gasteiger partial charge in [-0.15, -0.1) is 5.10 Å². The van der Waals surface area contributed by atoms with Gasteiger partial charge in [-0.1, -0.05) is 23.4 Å². The summed E-state index contributed by atoms with van der Waals surface area (Å²) < 4.78 is 7.56. The van der Waals surface area contributed by atoms with Crippen LogP contribution in [0.5, 0.6) is 0 Å². The molecule has 2 aliphatic heterocycles. The number of carbonyl (C=O) groups is 1. The van der Waals surface area contributed by atoms with E-state index < -0.39 is 5.60 Å². The van der Waals surface area contributed by atoms with Crippen LogP contribution >= 0.6 is 0 Å². The maximum Gasteiger partial charge on any atom is 0.410 e. The van der Waals surface area contributed by atoms with Crippen LogP contribution < -0.4 is 5.32 Å². The van der Waals surface area contributed by atoms with Gasteiger partial charge in [-0.2, -0.15) is 0 Å². The minimum Gasteiger partial charge on any atom is -0.444 e. The SMILES string of the molecule is [C-]#[N+]Cc1ccc(NC2CCn3nnc(C)c3-c3ccc(C4=CCN(C(=O)OC(C)(C)C)CC4)cc32)cc1. The molecule has 1 unspecified atom stereocenters. The lowest BCUT2D eigenvalue weighted by Crippen LogP contribution is -2.39. The highest BCUT2D eigenvalue weighted by Gasteiger charge is 2.27. The molecular formula is C30H34N6O2. The number of aryl methyl sites for hydroxylation is 2. The van der Waals surface area contributed by atoms with Crippen LogP contribution in [0, 0.1) is 13.5 Å². The van der Waals surface area contributed by atoms with E-state index in [4.69, 9.17) is 11.3 Å². The molecule has 1 aromatic heterocycles. The van der Waals surface area contributed by atoms with Crippen molar-refractivity contribution < 1.29 is 9.53 Å². The summed E-state index contributed by atoms with van der Waals surface area (Å²) in [6, 6.07) is 14.9. The Hall–Kier alpha value is -4.12. The second kappa shape index (κ2) is 10.3. The number of rotatable bonds is 4. The maximum atomic E-state index is 12.5. The van der Waals surface area contributed by atoms with Crippen LogP contribution in [0.15, 0.2) is 48.5 Å². The highest BCUT2D eigenvalue weighted by atomic mass is 16.6. The summed E-state index contributed by atoms with van der Waals surface area (Å²) in [5.41, 5.74) is 8.30. The van der Waals surface area contributed by atoms with Crippen molar-refractivity contribution in [3.63, 3.8) is 0 Å². The molecule has 5 rings (SSSR count). The topological polar surface area (TPSA) is 76.6 Å². The first-order chi connectivity index (χ1) is 18.2. The van der Waals surface area contributed by atoms with Crippen LogP contribution in [0.2, 0.25) is 0 Å². The second-order valence-electron chi connectivity index (χ2n) is 11.0. The summed E-state index contributed by atoms with van der Waals surface area (Å²) >= 11 is 0. The molecule has 3 aromatic rings. The number of hydrogen-bond acceptors (Lipinski definition) is 5. The van der Waals surface area contributed by atoms with Gasteiger partial charge in [-0.3, -0.25) is 0 Å². The Kier molecular flexibility index (Phi) is 6.94. The van der Waals surface area contributed by atoms with Gasteiger partial charge in [-0.05, 0) is 87.6 Å². The highest BCUT2D eigenvalue weighted by Crippen LogP contribution is 2.39. The number of aromatic nitrogens is 3. The van der Waals surface area contributed by atoms with Crippen LogP contribution in [0.3, 0.4) is 0 Å². The Balaban J connectivity index is 1.44. The van der Waals surface area contributed by atoms with E-state index in [1.54, 1.807) is 4.90 Å². The van der Waals surface area contributed by atoms with Crippen LogP contribution in [-0.4, -0.2) is 44.7 Å². The molecule has 1 amide bonds. The van der Waals surface area contributed by atoms with E-state index in [1.807, 2.05) is 44.5 Å². The van der Waals surface area contributed by atoms with Gasteiger partial charge in [-0.25, -0.2) is 16.0 Å². The lowest BCUT2D eigenvalue weighted by molar-refractivity contribution is 0.0270. The Morgan fingerprint density at radius 1 is 1.18 bits per heavy atom. The molecule has 2 aliphatic rings. The molecule has 0 radical (unpaired) electrons. The van der Waals surface area contributed by atoms with Crippen LogP contribution in [0.25, 0.3) is 21.7 Å². The average molecular weight is 511 g/mol. The van der Waals surface area contributed by atoms with Gasteiger partial charge in [0.05, 0.1) is 17.4 Å². The molecule has 8 heteroatoms. The van der Waals surface area contributed by atoms with Crippen molar-refractivity contribution in [2.24, 2.45) is 0 Å². The van der Waals surface area contributed by atoms with Gasteiger partial charge in [0, 0.05) is 36.4 Å². The predicted molar refractivity (Wildman–Crippen MR) is 148 cm³/mol. The Bertz CT molecular complexity index is 1410. The van der Waals surface area contributed by atoms with Gasteiger partial charge >= 0.3 is 6.09 Å². The van der Waals surface area contributed by atoms with Crippen molar-refractivity contribution >= 4 is 17.4 Å². The lowest BCUT2D eigenvalue weighted by Gasteiger charge is -2.30. The van der Waals surface area contributed by atoms with Crippen molar-refractivity contribution in [3.05, 3.63) is 82.3 Å². The predicted octanol–water partition coefficient (Wildman–Crippen LogP) is 6.25. The number of anilines is 1. The molecule has 3 heterocycles. The molecule has 0 saturated heterocycles. The minimum absolute atomic E-state index is 0.0835. The second-order valence-corrected chi connectivity index (χ2v) is 11.0. The van der Waals surface area contributed by atoms with E-state index in [1.165, 1.54) is 16.7 Å². The molecule has 0 spiro atoms.